The fourth-order valence-corrected chi connectivity index (χ4v) is 20.2. The van der Waals surface area contributed by atoms with Crippen molar-refractivity contribution in [2.75, 3.05) is 27.0 Å². The summed E-state index contributed by atoms with van der Waals surface area (Å²) in [4.78, 5) is 176. The van der Waals surface area contributed by atoms with Gasteiger partial charge in [-0.15, -0.1) is 0 Å². The van der Waals surface area contributed by atoms with E-state index in [1.807, 2.05) is 41.7 Å². The van der Waals surface area contributed by atoms with Gasteiger partial charge in [0.05, 0.1) is 53.5 Å². The van der Waals surface area contributed by atoms with Crippen molar-refractivity contribution >= 4 is 103 Å². The highest BCUT2D eigenvalue weighted by Crippen LogP contribution is 2.69. The van der Waals surface area contributed by atoms with Gasteiger partial charge < -0.3 is 177 Å². The molecule has 46 nitrogen and oxygen atoms in total. The Labute approximate surface area is 830 Å². The number of fused-ring (bicyclic) bond motifs is 15. The van der Waals surface area contributed by atoms with E-state index in [-0.39, 0.29) is 36.4 Å². The number of hydrogen-bond donors (Lipinski definition) is 25. The molecule has 8 aliphatic heterocycles. The molecule has 7 aromatic carbocycles. The largest absolute Gasteiger partial charge is 0.508 e. The number of esters is 1. The zero-order valence-corrected chi connectivity index (χ0v) is 81.4. The second-order valence-corrected chi connectivity index (χ2v) is 41.5. The predicted octanol–water partition coefficient (Wildman–Crippen LogP) is 3.42. The minimum atomic E-state index is -5.96. The highest BCUT2D eigenvalue weighted by molar-refractivity contribution is 7.72. The minimum Gasteiger partial charge on any atom is -0.508 e. The first-order chi connectivity index (χ1) is 67.3. The molecule has 15 rings (SSSR count). The zero-order valence-electron chi connectivity index (χ0n) is 77.3. The van der Waals surface area contributed by atoms with E-state index in [0.29, 0.717) is 11.1 Å². The van der Waals surface area contributed by atoms with Crippen LogP contribution in [-0.2, 0) is 87.2 Å². The Morgan fingerprint density at radius 3 is 1.83 bits per heavy atom. The highest BCUT2D eigenvalue weighted by atomic mass is 35.5. The predicted molar refractivity (Wildman–Crippen MR) is 501 cm³/mol. The maximum absolute atomic E-state index is 16.8. The van der Waals surface area contributed by atoms with Crippen LogP contribution in [0.2, 0.25) is 15.1 Å². The van der Waals surface area contributed by atoms with Gasteiger partial charge >= 0.3 is 27.3 Å². The molecule has 8 amide bonds. The number of likely N-dealkylation sites (N-methyl/N-ethyl adjacent to an activating group) is 1. The van der Waals surface area contributed by atoms with Crippen molar-refractivity contribution in [2.24, 2.45) is 17.4 Å². The van der Waals surface area contributed by atoms with Crippen molar-refractivity contribution in [1.29, 1.82) is 0 Å². The normalized spacial score (nSPS) is 27.8. The summed E-state index contributed by atoms with van der Waals surface area (Å²) in [6.07, 6.45) is -27.7. The monoisotopic (exact) mass is 2100 g/mol. The lowest BCUT2D eigenvalue weighted by molar-refractivity contribution is -0.334. The SMILES string of the molecule is CN[C@H](CC(C)C)C(=O)N[C@H]1C(=O)N[C@@H](CC(N)=O)C(=O)N[C@H]2C(=O)N[C@H]3C(=O)N[C@H](C(=O)N[C@H](C(=O)OCOC(=O)NCCCC(O)(P(=O)(O)O)P(=O)(O)O)c4cc(O)cc(O)c4-c4cc3ccc4O)[C@H](O[C@H]3C[C@](C)(N)[C@@H](O)[C@H](C)O3)c3ccc(c(Cl)c3)Oc3cc2cc(c3O[C@@H]2O[C@H](CO)[C@@H](O)[C@H](O)[C@H]2O[C@H]2C[C@](C)(NCc3ccc(-c4ccc(Cl)cc4)cc3)[C@@H](O)[C@H](C)O2)Oc2ccc(cc2Cl)[C@H]1O. The Morgan fingerprint density at radius 2 is 1.23 bits per heavy atom. The summed E-state index contributed by atoms with van der Waals surface area (Å²) in [5, 5.41) is 137. The molecule has 11 bridgehead atoms. The molecule has 0 aromatic heterocycles. The summed E-state index contributed by atoms with van der Waals surface area (Å²) >= 11 is 20.9. The van der Waals surface area contributed by atoms with Crippen LogP contribution in [0.1, 0.15) is 144 Å². The van der Waals surface area contributed by atoms with Crippen molar-refractivity contribution < 1.29 is 170 Å². The lowest BCUT2D eigenvalue weighted by Crippen LogP contribution is -2.65. The first kappa shape index (κ1) is 109. The lowest BCUT2D eigenvalue weighted by atomic mass is 9.84. The number of aliphatic hydroxyl groups is 7. The number of carbonyl (C=O) groups excluding carboxylic acids is 9. The molecule has 0 aliphatic carbocycles. The van der Waals surface area contributed by atoms with Gasteiger partial charge in [-0.3, -0.25) is 42.7 Å². The summed E-state index contributed by atoms with van der Waals surface area (Å²) in [6, 6.07) is 12.8. The quantitative estimate of drug-likeness (QED) is 0.0152. The molecule has 0 saturated carbocycles. The standard InChI is InChI=1S/C92H110Cl3N11O35P2/c1-39(2)25-55(98-7)81(117)105-71-73(112)46-16-21-59(53(94)27-46)136-61-29-48-30-62(77(61)141-88-78(75(114)74(113)63(37-107)138-88)140-66-35-91(6,80(116)41(4)135-66)100-36-42-9-11-43(12-10-42)44-13-18-49(93)19-14-44)137-60-22-17-47(28-54(60)95)76(139-65-34-90(5,97)79(115)40(3)134-65)72-86(122)104-70(87(123)132-38-133-89(124)99-24-8-23-92(125,142(126,127)128)143(129,130)131)52-31-50(108)32-58(110)67(52)51-26-45(15-20-57(51)109)68(83(119)106-72)103-84(120)69(48)102-82(118)56(33-64(96)111)101-85(71)121/h9-22,26-32,39-41,55-56,63,65-66,68-76,78-80,88,98,100,107-110,112-116,125H,8,23-25,33-38,97H2,1-7H3,(H2,96,111)(H,99,124)(H,101,121)(H,102,118)(H,103,120)(H,104,122)(H,105,117)(H,106,119)(H2,126,127,128)(H2,129,130,131)/t40-,41-,55+,56-,63+,65-,66-,68+,69+,70-,71+,72-,73+,74+,75-,76+,78+,79-,80-,88-,90-,91-/m0/s1. The van der Waals surface area contributed by atoms with Crippen LogP contribution >= 0.6 is 50.0 Å². The van der Waals surface area contributed by atoms with Crippen LogP contribution in [0.4, 0.5) is 4.79 Å². The van der Waals surface area contributed by atoms with Crippen LogP contribution < -0.4 is 73.5 Å². The number of nitrogens with two attached hydrogens (primary N) is 2. The molecule has 3 fully saturated rings. The first-order valence-electron chi connectivity index (χ1n) is 44.8. The molecule has 0 radical (unpaired) electrons. The topological polar surface area (TPSA) is 724 Å². The van der Waals surface area contributed by atoms with Gasteiger partial charge in [-0.2, -0.15) is 0 Å². The Morgan fingerprint density at radius 1 is 0.643 bits per heavy atom. The van der Waals surface area contributed by atoms with E-state index in [2.05, 4.69) is 42.5 Å². The maximum atomic E-state index is 16.8. The molecule has 0 spiro atoms. The van der Waals surface area contributed by atoms with Gasteiger partial charge in [-0.1, -0.05) is 103 Å². The van der Waals surface area contributed by atoms with Gasteiger partial charge in [0.15, 0.2) is 36.2 Å². The average molecular weight is 2100 g/mol. The molecular weight excluding hydrogens is 1990 g/mol. The molecule has 51 heteroatoms. The number of hydrogen-bond acceptors (Lipinski definition) is 34. The van der Waals surface area contributed by atoms with Crippen LogP contribution in [0, 0.1) is 5.92 Å². The number of nitrogens with one attached hydrogen (secondary N) is 9. The van der Waals surface area contributed by atoms with Gasteiger partial charge in [-0.05, 0) is 159 Å². The maximum Gasteiger partial charge on any atom is 0.410 e. The Hall–Kier alpha value is -11.1. The lowest BCUT2D eigenvalue weighted by Gasteiger charge is -2.48. The minimum absolute atomic E-state index is 0.154. The molecular formula is C92H110Cl3N11O35P2. The summed E-state index contributed by atoms with van der Waals surface area (Å²) < 4.78 is 87.6. The number of rotatable bonds is 27. The molecule has 0 unspecified atom stereocenters. The molecule has 3 saturated heterocycles. The second-order valence-electron chi connectivity index (χ2n) is 36.3. The fraction of sp³-hybridized carbons (Fsp3) is 0.446. The molecule has 8 aliphatic rings. The third kappa shape index (κ3) is 24.9. The van der Waals surface area contributed by atoms with Crippen LogP contribution in [0.25, 0.3) is 22.3 Å². The summed E-state index contributed by atoms with van der Waals surface area (Å²) in [7, 11) is -10.5. The fourth-order valence-electron chi connectivity index (χ4n) is 17.4. The number of amides is 8. The molecule has 22 atom stereocenters. The molecule has 27 N–H and O–H groups in total. The molecule has 7 aromatic rings. The highest BCUT2D eigenvalue weighted by Gasteiger charge is 2.59. The van der Waals surface area contributed by atoms with Gasteiger partial charge in [0.1, 0.15) is 89.5 Å². The van der Waals surface area contributed by atoms with Gasteiger partial charge in [0, 0.05) is 71.2 Å². The second kappa shape index (κ2) is 44.9. The summed E-state index contributed by atoms with van der Waals surface area (Å²) in [5.41, 5.74) is 8.69. The van der Waals surface area contributed by atoms with Crippen LogP contribution in [0.5, 0.6) is 46.0 Å². The number of phenolic OH excluding ortho intramolecular Hbond substituents is 3. The molecule has 143 heavy (non-hydrogen) atoms. The molecule has 8 heterocycles. The Bertz CT molecular complexity index is 6010. The van der Waals surface area contributed by atoms with Crippen molar-refractivity contribution in [2.45, 2.75) is 225 Å². The number of carbonyl (C=O) groups is 9. The van der Waals surface area contributed by atoms with Gasteiger partial charge in [-0.25, -0.2) is 9.59 Å². The van der Waals surface area contributed by atoms with Crippen molar-refractivity contribution in [3.8, 4) is 68.2 Å². The summed E-state index contributed by atoms with van der Waals surface area (Å²) in [5.74, 6) is -17.3. The number of ether oxygens (including phenoxy) is 10. The van der Waals surface area contributed by atoms with Gasteiger partial charge in [0.2, 0.25) is 60.2 Å². The summed E-state index contributed by atoms with van der Waals surface area (Å²) in [6.45, 7) is 6.58. The van der Waals surface area contributed by atoms with Crippen LogP contribution in [-0.4, -0.2) is 259 Å². The van der Waals surface area contributed by atoms with Crippen LogP contribution in [0.15, 0.2) is 127 Å². The van der Waals surface area contributed by atoms with E-state index in [1.165, 1.54) is 33.0 Å². The zero-order chi connectivity index (χ0) is 104. The first-order valence-corrected chi connectivity index (χ1v) is 49.2. The van der Waals surface area contributed by atoms with Crippen molar-refractivity contribution in [1.82, 2.24) is 47.9 Å². The van der Waals surface area contributed by atoms with Crippen molar-refractivity contribution in [3.05, 3.63) is 176 Å². The number of halogens is 3. The third-order valence-electron chi connectivity index (χ3n) is 25.2. The number of primary amides is 1. The third-order valence-corrected chi connectivity index (χ3v) is 29.9. The Kier molecular flexibility index (Phi) is 34.3. The molecule has 774 valence electrons. The number of benzene rings is 7. The van der Waals surface area contributed by atoms with E-state index < -0.39 is 336 Å². The van der Waals surface area contributed by atoms with Crippen molar-refractivity contribution in [3.63, 3.8) is 0 Å². The number of aliphatic hydroxyl groups excluding tert-OH is 6. The number of phenols is 3. The number of aromatic hydroxyl groups is 3. The van der Waals surface area contributed by atoms with Crippen LogP contribution in [0.3, 0.4) is 0 Å². The number of alkyl carbamates (subject to hydrolysis) is 1. The van der Waals surface area contributed by atoms with E-state index in [1.54, 1.807) is 39.8 Å². The van der Waals surface area contributed by atoms with E-state index in [0.717, 1.165) is 77.4 Å². The Balaban J connectivity index is 0.991. The van der Waals surface area contributed by atoms with Gasteiger partial charge in [0.25, 0.3) is 5.08 Å². The average Bonchev–Trinajstić information content (AvgIpc) is 0.776. The van der Waals surface area contributed by atoms with E-state index in [4.69, 9.17) is 93.6 Å². The smallest absolute Gasteiger partial charge is 0.410 e. The van der Waals surface area contributed by atoms with E-state index >= 15 is 28.8 Å². The van der Waals surface area contributed by atoms with E-state index in [9.17, 15) is 94.2 Å².